The molecule has 1 fully saturated rings. The third-order valence-electron chi connectivity index (χ3n) is 4.16. The summed E-state index contributed by atoms with van der Waals surface area (Å²) in [6.45, 7) is 0. The van der Waals surface area contributed by atoms with Crippen molar-refractivity contribution < 1.29 is 0 Å². The zero-order valence-electron chi connectivity index (χ0n) is 11.8. The van der Waals surface area contributed by atoms with E-state index in [0.717, 1.165) is 22.2 Å². The normalized spacial score (nSPS) is 17.3. The van der Waals surface area contributed by atoms with Crippen LogP contribution in [0.5, 0.6) is 0 Å². The monoisotopic (exact) mass is 367 g/mol. The van der Waals surface area contributed by atoms with E-state index in [9.17, 15) is 0 Å². The maximum absolute atomic E-state index is 6.29. The van der Waals surface area contributed by atoms with Crippen LogP contribution in [0, 0.1) is 0 Å². The van der Waals surface area contributed by atoms with Crippen LogP contribution >= 0.6 is 27.5 Å². The maximum Gasteiger partial charge on any atom is 0.0643 e. The Hall–Kier alpha value is -0.840. The summed E-state index contributed by atoms with van der Waals surface area (Å²) >= 11 is 9.53. The molecule has 1 saturated carbocycles. The molecule has 112 valence electrons. The van der Waals surface area contributed by atoms with Crippen LogP contribution in [0.1, 0.15) is 49.0 Å². The average molecular weight is 369 g/mol. The van der Waals surface area contributed by atoms with Gasteiger partial charge in [-0.2, -0.15) is 5.10 Å². The maximum atomic E-state index is 6.29. The molecule has 0 saturated heterocycles. The van der Waals surface area contributed by atoms with E-state index in [-0.39, 0.29) is 6.04 Å². The fourth-order valence-electron chi connectivity index (χ4n) is 2.94. The zero-order valence-corrected chi connectivity index (χ0v) is 14.1. The van der Waals surface area contributed by atoms with Gasteiger partial charge in [-0.15, -0.1) is 0 Å². The van der Waals surface area contributed by atoms with Gasteiger partial charge in [0.2, 0.25) is 0 Å². The Morgan fingerprint density at radius 2 is 2.10 bits per heavy atom. The topological polar surface area (TPSA) is 43.8 Å². The van der Waals surface area contributed by atoms with Gasteiger partial charge in [-0.25, -0.2) is 0 Å². The van der Waals surface area contributed by atoms with Crippen molar-refractivity contribution in [1.29, 1.82) is 0 Å². The number of nitrogens with zero attached hydrogens (tertiary/aromatic N) is 2. The zero-order chi connectivity index (χ0) is 14.8. The highest BCUT2D eigenvalue weighted by molar-refractivity contribution is 9.10. The van der Waals surface area contributed by atoms with Gasteiger partial charge in [0.25, 0.3) is 0 Å². The fourth-order valence-corrected chi connectivity index (χ4v) is 3.38. The molecule has 1 aromatic carbocycles. The van der Waals surface area contributed by atoms with Crippen molar-refractivity contribution in [2.45, 2.75) is 44.2 Å². The highest BCUT2D eigenvalue weighted by Gasteiger charge is 2.18. The van der Waals surface area contributed by atoms with Crippen molar-refractivity contribution in [2.75, 3.05) is 0 Å². The Kier molecular flexibility index (Phi) is 4.67. The molecule has 3 rings (SSSR count). The smallest absolute Gasteiger partial charge is 0.0643 e. The summed E-state index contributed by atoms with van der Waals surface area (Å²) < 4.78 is 3.01. The highest BCUT2D eigenvalue weighted by atomic mass is 79.9. The molecule has 1 heterocycles. The molecular formula is C16H19BrClN3. The van der Waals surface area contributed by atoms with Gasteiger partial charge >= 0.3 is 0 Å². The molecule has 5 heteroatoms. The van der Waals surface area contributed by atoms with Crippen LogP contribution < -0.4 is 5.73 Å². The van der Waals surface area contributed by atoms with Gasteiger partial charge in [-0.1, -0.05) is 30.5 Å². The van der Waals surface area contributed by atoms with E-state index in [1.807, 2.05) is 18.2 Å². The molecule has 1 unspecified atom stereocenters. The minimum atomic E-state index is -0.0810. The van der Waals surface area contributed by atoms with Crippen LogP contribution in [0.4, 0.5) is 0 Å². The predicted octanol–water partition coefficient (Wildman–Crippen LogP) is 4.66. The van der Waals surface area contributed by atoms with E-state index < -0.39 is 0 Å². The number of hydrogen-bond donors (Lipinski definition) is 1. The Labute approximate surface area is 138 Å². The summed E-state index contributed by atoms with van der Waals surface area (Å²) in [7, 11) is 0. The Morgan fingerprint density at radius 1 is 1.33 bits per heavy atom. The molecule has 1 aromatic heterocycles. The van der Waals surface area contributed by atoms with Crippen molar-refractivity contribution in [1.82, 2.24) is 9.78 Å². The van der Waals surface area contributed by atoms with Gasteiger partial charge in [-0.3, -0.25) is 4.68 Å². The lowest BCUT2D eigenvalue weighted by Gasteiger charge is -2.12. The summed E-state index contributed by atoms with van der Waals surface area (Å²) in [6, 6.07) is 8.45. The first kappa shape index (κ1) is 15.1. The molecule has 3 nitrogen and oxygen atoms in total. The van der Waals surface area contributed by atoms with Crippen LogP contribution in [0.25, 0.3) is 0 Å². The van der Waals surface area contributed by atoms with Gasteiger partial charge in [0, 0.05) is 23.1 Å². The third-order valence-corrected chi connectivity index (χ3v) is 5.40. The fraction of sp³-hybridized carbons (Fsp3) is 0.438. The van der Waals surface area contributed by atoms with Crippen molar-refractivity contribution in [2.24, 2.45) is 5.73 Å². The summed E-state index contributed by atoms with van der Waals surface area (Å²) in [5.41, 5.74) is 8.38. The summed E-state index contributed by atoms with van der Waals surface area (Å²) in [5, 5.41) is 5.39. The molecule has 1 atom stereocenters. The lowest BCUT2D eigenvalue weighted by molar-refractivity contribution is 0.461. The Balaban J connectivity index is 1.69. The van der Waals surface area contributed by atoms with Crippen molar-refractivity contribution in [3.05, 3.63) is 51.2 Å². The van der Waals surface area contributed by atoms with Crippen LogP contribution in [0.2, 0.25) is 5.02 Å². The number of nitrogens with two attached hydrogens (primary N) is 1. The SMILES string of the molecule is NC(Cc1ccn(C2CCCC2)n1)c1ccc(Br)c(Cl)c1. The van der Waals surface area contributed by atoms with Crippen molar-refractivity contribution >= 4 is 27.5 Å². The molecule has 0 aliphatic heterocycles. The second-order valence-electron chi connectivity index (χ2n) is 5.71. The molecule has 0 radical (unpaired) electrons. The van der Waals surface area contributed by atoms with Gasteiger partial charge in [0.15, 0.2) is 0 Å². The third kappa shape index (κ3) is 3.50. The van der Waals surface area contributed by atoms with Gasteiger partial charge in [0.1, 0.15) is 0 Å². The number of aromatic nitrogens is 2. The highest BCUT2D eigenvalue weighted by Crippen LogP contribution is 2.29. The van der Waals surface area contributed by atoms with Gasteiger partial charge in [0.05, 0.1) is 16.8 Å². The van der Waals surface area contributed by atoms with E-state index in [1.54, 1.807) is 0 Å². The van der Waals surface area contributed by atoms with Crippen LogP contribution in [0.3, 0.4) is 0 Å². The van der Waals surface area contributed by atoms with E-state index >= 15 is 0 Å². The quantitative estimate of drug-likeness (QED) is 0.853. The standard InChI is InChI=1S/C16H19BrClN3/c17-14-6-5-11(9-15(14)18)16(19)10-12-7-8-21(20-12)13-3-1-2-4-13/h5-9,13,16H,1-4,10,19H2. The number of hydrogen-bond acceptors (Lipinski definition) is 2. The van der Waals surface area contributed by atoms with E-state index in [0.29, 0.717) is 11.1 Å². The first-order valence-corrected chi connectivity index (χ1v) is 8.55. The molecular weight excluding hydrogens is 350 g/mol. The van der Waals surface area contributed by atoms with Gasteiger partial charge in [-0.05, 0) is 52.5 Å². The summed E-state index contributed by atoms with van der Waals surface area (Å²) in [6.07, 6.45) is 7.95. The van der Waals surface area contributed by atoms with Crippen LogP contribution in [-0.2, 0) is 6.42 Å². The molecule has 21 heavy (non-hydrogen) atoms. The minimum absolute atomic E-state index is 0.0810. The molecule has 1 aliphatic carbocycles. The number of benzene rings is 1. The Morgan fingerprint density at radius 3 is 2.81 bits per heavy atom. The second-order valence-corrected chi connectivity index (χ2v) is 6.97. The molecule has 1 aliphatic rings. The second kappa shape index (κ2) is 6.51. The van der Waals surface area contributed by atoms with E-state index in [4.69, 9.17) is 22.4 Å². The molecule has 0 spiro atoms. The minimum Gasteiger partial charge on any atom is -0.324 e. The van der Waals surface area contributed by atoms with Crippen LogP contribution in [0.15, 0.2) is 34.9 Å². The molecule has 0 bridgehead atoms. The number of rotatable bonds is 4. The lowest BCUT2D eigenvalue weighted by atomic mass is 10.0. The van der Waals surface area contributed by atoms with Crippen molar-refractivity contribution in [3.8, 4) is 0 Å². The van der Waals surface area contributed by atoms with E-state index in [1.165, 1.54) is 25.7 Å². The predicted molar refractivity (Wildman–Crippen MR) is 89.5 cm³/mol. The van der Waals surface area contributed by atoms with Gasteiger partial charge < -0.3 is 5.73 Å². The van der Waals surface area contributed by atoms with Crippen LogP contribution in [-0.4, -0.2) is 9.78 Å². The first-order chi connectivity index (χ1) is 10.1. The summed E-state index contributed by atoms with van der Waals surface area (Å²) in [4.78, 5) is 0. The average Bonchev–Trinajstić information content (AvgIpc) is 3.12. The van der Waals surface area contributed by atoms with Crippen molar-refractivity contribution in [3.63, 3.8) is 0 Å². The van der Waals surface area contributed by atoms with E-state index in [2.05, 4.69) is 32.9 Å². The summed E-state index contributed by atoms with van der Waals surface area (Å²) in [5.74, 6) is 0. The Bertz CT molecular complexity index is 620. The lowest BCUT2D eigenvalue weighted by Crippen LogP contribution is -2.14. The largest absolute Gasteiger partial charge is 0.324 e. The molecule has 0 amide bonds. The molecule has 2 aromatic rings. The first-order valence-electron chi connectivity index (χ1n) is 7.38. The number of halogens is 2. The molecule has 2 N–H and O–H groups in total.